The highest BCUT2D eigenvalue weighted by atomic mass is 15.1. The predicted molar refractivity (Wildman–Crippen MR) is 95.1 cm³/mol. The fourth-order valence-electron chi connectivity index (χ4n) is 3.09. The minimum absolute atomic E-state index is 0.308. The number of H-pyrrole nitrogens is 1. The molecule has 0 aliphatic rings. The van der Waals surface area contributed by atoms with Gasteiger partial charge >= 0.3 is 0 Å². The van der Waals surface area contributed by atoms with Gasteiger partial charge in [-0.3, -0.25) is 0 Å². The summed E-state index contributed by atoms with van der Waals surface area (Å²) in [6.45, 7) is 6.29. The Morgan fingerprint density at radius 2 is 2.00 bits per heavy atom. The molecule has 4 rings (SSSR count). The maximum atomic E-state index is 4.86. The molecular weight excluding hydrogens is 302 g/mol. The summed E-state index contributed by atoms with van der Waals surface area (Å²) in [4.78, 5) is 21.4. The molecule has 0 saturated carbocycles. The first-order valence-corrected chi connectivity index (χ1v) is 7.96. The van der Waals surface area contributed by atoms with E-state index in [4.69, 9.17) is 4.98 Å². The topological polar surface area (TPSA) is 84.3 Å². The van der Waals surface area contributed by atoms with Gasteiger partial charge in [-0.1, -0.05) is 0 Å². The van der Waals surface area contributed by atoms with E-state index in [1.165, 1.54) is 0 Å². The second-order valence-corrected chi connectivity index (χ2v) is 6.07. The van der Waals surface area contributed by atoms with E-state index in [9.17, 15) is 0 Å². The van der Waals surface area contributed by atoms with E-state index < -0.39 is 0 Å². The van der Waals surface area contributed by atoms with E-state index in [1.807, 2.05) is 31.5 Å². The number of pyridine rings is 1. The molecule has 24 heavy (non-hydrogen) atoms. The monoisotopic (exact) mass is 321 g/mol. The lowest BCUT2D eigenvalue weighted by Crippen LogP contribution is -2.04. The Morgan fingerprint density at radius 3 is 2.75 bits per heavy atom. The molecule has 0 bridgehead atoms. The van der Waals surface area contributed by atoms with Crippen LogP contribution in [-0.2, 0) is 0 Å². The fourth-order valence-corrected chi connectivity index (χ4v) is 3.09. The first-order valence-electron chi connectivity index (χ1n) is 7.96. The number of anilines is 1. The number of rotatable bonds is 3. The molecule has 0 unspecified atom stereocenters. The maximum absolute atomic E-state index is 4.86. The summed E-state index contributed by atoms with van der Waals surface area (Å²) in [6.07, 6.45) is 3.74. The fraction of sp³-hybridized carbons (Fsp3) is 0.294. The first-order chi connectivity index (χ1) is 11.6. The molecule has 0 fully saturated rings. The van der Waals surface area contributed by atoms with E-state index >= 15 is 0 Å². The smallest absolute Gasteiger partial charge is 0.224 e. The second-order valence-electron chi connectivity index (χ2n) is 6.07. The Morgan fingerprint density at radius 1 is 1.17 bits per heavy atom. The van der Waals surface area contributed by atoms with Gasteiger partial charge in [-0.2, -0.15) is 4.98 Å². The van der Waals surface area contributed by atoms with Crippen LogP contribution in [0.25, 0.3) is 33.5 Å². The lowest BCUT2D eigenvalue weighted by Gasteiger charge is -2.10. The zero-order valence-electron chi connectivity index (χ0n) is 14.1. The summed E-state index contributed by atoms with van der Waals surface area (Å²) < 4.78 is 2.16. The summed E-state index contributed by atoms with van der Waals surface area (Å²) in [5.74, 6) is 1.57. The van der Waals surface area contributed by atoms with Gasteiger partial charge in [0.2, 0.25) is 5.95 Å². The molecule has 7 heteroatoms. The zero-order valence-corrected chi connectivity index (χ0v) is 14.1. The molecule has 0 aromatic carbocycles. The SMILES string of the molecule is CNc1ncc2c(-c3ccc4nc(C)n(C(C)C)c4n3)c[nH]c2n1. The van der Waals surface area contributed by atoms with E-state index in [-0.39, 0.29) is 0 Å². The molecule has 7 nitrogen and oxygen atoms in total. The minimum Gasteiger partial charge on any atom is -0.357 e. The van der Waals surface area contributed by atoms with Crippen LogP contribution < -0.4 is 5.32 Å². The van der Waals surface area contributed by atoms with Crippen molar-refractivity contribution in [3.05, 3.63) is 30.4 Å². The standard InChI is InChI=1S/C17H19N7/c1-9(2)24-10(3)21-14-6-5-13(22-16(14)24)11-7-19-15-12(11)8-20-17(18-4)23-15/h5-9H,1-4H3,(H2,18,19,20,23). The van der Waals surface area contributed by atoms with Crippen molar-refractivity contribution in [2.45, 2.75) is 26.8 Å². The third-order valence-electron chi connectivity index (χ3n) is 4.16. The van der Waals surface area contributed by atoms with Crippen LogP contribution in [0.5, 0.6) is 0 Å². The number of aromatic nitrogens is 6. The highest BCUT2D eigenvalue weighted by molar-refractivity contribution is 5.93. The van der Waals surface area contributed by atoms with Gasteiger partial charge < -0.3 is 14.9 Å². The van der Waals surface area contributed by atoms with Crippen molar-refractivity contribution in [3.8, 4) is 11.3 Å². The van der Waals surface area contributed by atoms with Crippen molar-refractivity contribution in [2.75, 3.05) is 12.4 Å². The average Bonchev–Trinajstić information content (AvgIpc) is 3.13. The number of aryl methyl sites for hydroxylation is 1. The summed E-state index contributed by atoms with van der Waals surface area (Å²) in [5.41, 5.74) is 4.49. The van der Waals surface area contributed by atoms with Crippen molar-refractivity contribution < 1.29 is 0 Å². The molecule has 0 aliphatic carbocycles. The van der Waals surface area contributed by atoms with E-state index in [1.54, 1.807) is 7.05 Å². The van der Waals surface area contributed by atoms with Gasteiger partial charge in [-0.15, -0.1) is 0 Å². The Kier molecular flexibility index (Phi) is 3.23. The van der Waals surface area contributed by atoms with Crippen LogP contribution in [0.2, 0.25) is 0 Å². The molecule has 4 aromatic heterocycles. The highest BCUT2D eigenvalue weighted by Crippen LogP contribution is 2.29. The van der Waals surface area contributed by atoms with Gasteiger partial charge in [0.25, 0.3) is 0 Å². The number of fused-ring (bicyclic) bond motifs is 2. The lowest BCUT2D eigenvalue weighted by molar-refractivity contribution is 0.595. The van der Waals surface area contributed by atoms with E-state index in [0.717, 1.165) is 39.3 Å². The quantitative estimate of drug-likeness (QED) is 0.605. The predicted octanol–water partition coefficient (Wildman–Crippen LogP) is 3.30. The summed E-state index contributed by atoms with van der Waals surface area (Å²) in [7, 11) is 1.80. The van der Waals surface area contributed by atoms with Crippen molar-refractivity contribution in [2.24, 2.45) is 0 Å². The molecule has 0 radical (unpaired) electrons. The molecule has 4 heterocycles. The van der Waals surface area contributed by atoms with Gasteiger partial charge in [0, 0.05) is 36.4 Å². The van der Waals surface area contributed by atoms with Gasteiger partial charge in [0.1, 0.15) is 17.0 Å². The van der Waals surface area contributed by atoms with Crippen molar-refractivity contribution >= 4 is 28.1 Å². The maximum Gasteiger partial charge on any atom is 0.224 e. The Bertz CT molecular complexity index is 1040. The number of aromatic amines is 1. The van der Waals surface area contributed by atoms with Crippen LogP contribution in [0.1, 0.15) is 25.7 Å². The largest absolute Gasteiger partial charge is 0.357 e. The third kappa shape index (κ3) is 2.12. The highest BCUT2D eigenvalue weighted by Gasteiger charge is 2.15. The third-order valence-corrected chi connectivity index (χ3v) is 4.16. The molecule has 0 atom stereocenters. The molecule has 0 aliphatic heterocycles. The Balaban J connectivity index is 1.92. The van der Waals surface area contributed by atoms with E-state index in [2.05, 4.69) is 43.7 Å². The van der Waals surface area contributed by atoms with Gasteiger partial charge in [0.05, 0.1) is 5.69 Å². The Labute approximate surface area is 139 Å². The van der Waals surface area contributed by atoms with Crippen LogP contribution >= 0.6 is 0 Å². The molecule has 122 valence electrons. The lowest BCUT2D eigenvalue weighted by atomic mass is 10.1. The summed E-state index contributed by atoms with van der Waals surface area (Å²) in [5, 5.41) is 3.90. The molecule has 0 amide bonds. The minimum atomic E-state index is 0.308. The van der Waals surface area contributed by atoms with Crippen molar-refractivity contribution in [3.63, 3.8) is 0 Å². The number of imidazole rings is 1. The van der Waals surface area contributed by atoms with Gasteiger partial charge in [0.15, 0.2) is 5.65 Å². The summed E-state index contributed by atoms with van der Waals surface area (Å²) in [6, 6.07) is 4.32. The van der Waals surface area contributed by atoms with Crippen LogP contribution in [0.3, 0.4) is 0 Å². The van der Waals surface area contributed by atoms with Crippen LogP contribution in [0, 0.1) is 6.92 Å². The number of hydrogen-bond acceptors (Lipinski definition) is 5. The number of nitrogens with zero attached hydrogens (tertiary/aromatic N) is 5. The molecular formula is C17H19N7. The number of nitrogens with one attached hydrogen (secondary N) is 2. The number of hydrogen-bond donors (Lipinski definition) is 2. The zero-order chi connectivity index (χ0) is 16.8. The normalized spacial score (nSPS) is 11.7. The van der Waals surface area contributed by atoms with Crippen molar-refractivity contribution in [1.29, 1.82) is 0 Å². The molecule has 0 spiro atoms. The summed E-state index contributed by atoms with van der Waals surface area (Å²) >= 11 is 0. The van der Waals surface area contributed by atoms with Gasteiger partial charge in [-0.25, -0.2) is 15.0 Å². The first kappa shape index (κ1) is 14.6. The second kappa shape index (κ2) is 5.30. The molecule has 0 saturated heterocycles. The van der Waals surface area contributed by atoms with E-state index in [0.29, 0.717) is 12.0 Å². The van der Waals surface area contributed by atoms with Gasteiger partial charge in [-0.05, 0) is 32.9 Å². The Hall–Kier alpha value is -2.96. The average molecular weight is 321 g/mol. The van der Waals surface area contributed by atoms with Crippen LogP contribution in [0.15, 0.2) is 24.5 Å². The molecule has 4 aromatic rings. The molecule has 2 N–H and O–H groups in total. The van der Waals surface area contributed by atoms with Crippen molar-refractivity contribution in [1.82, 2.24) is 29.5 Å². The van der Waals surface area contributed by atoms with Crippen LogP contribution in [-0.4, -0.2) is 36.5 Å². The van der Waals surface area contributed by atoms with Crippen LogP contribution in [0.4, 0.5) is 5.95 Å².